The van der Waals surface area contributed by atoms with E-state index >= 15 is 0 Å². The van der Waals surface area contributed by atoms with E-state index in [0.717, 1.165) is 18.9 Å². The van der Waals surface area contributed by atoms with Gasteiger partial charge in [-0.05, 0) is 66.4 Å². The van der Waals surface area contributed by atoms with Crippen molar-refractivity contribution in [1.29, 1.82) is 0 Å². The van der Waals surface area contributed by atoms with Crippen LogP contribution in [0, 0.1) is 0 Å². The summed E-state index contributed by atoms with van der Waals surface area (Å²) in [6, 6.07) is 34.3. The fourth-order valence-corrected chi connectivity index (χ4v) is 6.28. The Hall–Kier alpha value is -2.16. The van der Waals surface area contributed by atoms with Crippen molar-refractivity contribution in [2.75, 3.05) is 7.11 Å². The molecule has 0 aliphatic heterocycles. The van der Waals surface area contributed by atoms with Gasteiger partial charge in [0.25, 0.3) is 0 Å². The molecular weight excluding hydrogens is 380 g/mol. The van der Waals surface area contributed by atoms with Crippen molar-refractivity contribution in [1.82, 2.24) is 0 Å². The molecule has 0 aromatic heterocycles. The zero-order valence-electron chi connectivity index (χ0n) is 18.9. The third kappa shape index (κ3) is 6.42. The molecule has 158 valence electrons. The lowest BCUT2D eigenvalue weighted by atomic mass is 9.79. The molecule has 0 aliphatic carbocycles. The third-order valence-electron chi connectivity index (χ3n) is 6.41. The molecule has 0 unspecified atom stereocenters. The SMILES string of the molecule is CO[Si](C)(C)C[C@H](C[C@H](C[C@H](C)c1ccccc1)c1ccccc1)c1ccccc1. The largest absolute Gasteiger partial charge is 0.420 e. The van der Waals surface area contributed by atoms with Crippen molar-refractivity contribution in [2.45, 2.75) is 56.7 Å². The van der Waals surface area contributed by atoms with Gasteiger partial charge in [0.15, 0.2) is 8.32 Å². The molecule has 0 aliphatic rings. The zero-order chi connectivity index (χ0) is 21.4. The molecule has 3 atom stereocenters. The Bertz CT molecular complexity index is 861. The smallest absolute Gasteiger partial charge is 0.186 e. The molecule has 2 heteroatoms. The first-order valence-electron chi connectivity index (χ1n) is 11.2. The van der Waals surface area contributed by atoms with Crippen molar-refractivity contribution in [2.24, 2.45) is 0 Å². The second kappa shape index (κ2) is 10.7. The van der Waals surface area contributed by atoms with Gasteiger partial charge in [-0.25, -0.2) is 0 Å². The van der Waals surface area contributed by atoms with Crippen LogP contribution in [0.1, 0.15) is 54.2 Å². The number of hydrogen-bond acceptors (Lipinski definition) is 1. The van der Waals surface area contributed by atoms with Gasteiger partial charge in [0.2, 0.25) is 0 Å². The van der Waals surface area contributed by atoms with Crippen LogP contribution >= 0.6 is 0 Å². The Morgan fingerprint density at radius 3 is 1.53 bits per heavy atom. The van der Waals surface area contributed by atoms with Crippen LogP contribution in [0.15, 0.2) is 91.0 Å². The van der Waals surface area contributed by atoms with Crippen molar-refractivity contribution in [3.05, 3.63) is 108 Å². The van der Waals surface area contributed by atoms with Crippen LogP contribution in [0.4, 0.5) is 0 Å². The maximum absolute atomic E-state index is 5.97. The lowest BCUT2D eigenvalue weighted by Gasteiger charge is -2.31. The zero-order valence-corrected chi connectivity index (χ0v) is 19.9. The summed E-state index contributed by atoms with van der Waals surface area (Å²) in [5.74, 6) is 1.56. The second-order valence-electron chi connectivity index (χ2n) is 9.17. The first kappa shape index (κ1) is 22.5. The van der Waals surface area contributed by atoms with Crippen LogP contribution in [-0.2, 0) is 4.43 Å². The van der Waals surface area contributed by atoms with Crippen LogP contribution in [-0.4, -0.2) is 15.4 Å². The van der Waals surface area contributed by atoms with Gasteiger partial charge in [-0.15, -0.1) is 0 Å². The van der Waals surface area contributed by atoms with E-state index in [9.17, 15) is 0 Å². The van der Waals surface area contributed by atoms with E-state index in [4.69, 9.17) is 4.43 Å². The highest BCUT2D eigenvalue weighted by atomic mass is 28.4. The number of rotatable bonds is 10. The third-order valence-corrected chi connectivity index (χ3v) is 8.99. The Balaban J connectivity index is 1.88. The van der Waals surface area contributed by atoms with Crippen molar-refractivity contribution < 1.29 is 4.43 Å². The predicted octanol–water partition coefficient (Wildman–Crippen LogP) is 7.99. The molecule has 0 bridgehead atoms. The molecule has 30 heavy (non-hydrogen) atoms. The average Bonchev–Trinajstić information content (AvgIpc) is 2.79. The van der Waals surface area contributed by atoms with Gasteiger partial charge in [0.05, 0.1) is 0 Å². The summed E-state index contributed by atoms with van der Waals surface area (Å²) in [7, 11) is 0.195. The molecule has 0 amide bonds. The summed E-state index contributed by atoms with van der Waals surface area (Å²) in [5, 5.41) is 0. The summed E-state index contributed by atoms with van der Waals surface area (Å²) >= 11 is 0. The molecule has 0 fully saturated rings. The minimum absolute atomic E-state index is 0.515. The monoisotopic (exact) mass is 416 g/mol. The van der Waals surface area contributed by atoms with Gasteiger partial charge in [0.1, 0.15) is 0 Å². The highest BCUT2D eigenvalue weighted by Gasteiger charge is 2.30. The molecule has 3 aromatic carbocycles. The maximum Gasteiger partial charge on any atom is 0.186 e. The van der Waals surface area contributed by atoms with Crippen LogP contribution in [0.3, 0.4) is 0 Å². The quantitative estimate of drug-likeness (QED) is 0.304. The number of benzene rings is 3. The lowest BCUT2D eigenvalue weighted by molar-refractivity contribution is 0.392. The molecule has 3 aromatic rings. The molecule has 0 spiro atoms. The van der Waals surface area contributed by atoms with Gasteiger partial charge in [-0.3, -0.25) is 0 Å². The van der Waals surface area contributed by atoms with Gasteiger partial charge in [0, 0.05) is 7.11 Å². The molecule has 3 rings (SSSR count). The second-order valence-corrected chi connectivity index (χ2v) is 13.5. The summed E-state index contributed by atoms with van der Waals surface area (Å²) < 4.78 is 5.97. The minimum atomic E-state index is -1.69. The van der Waals surface area contributed by atoms with E-state index in [1.54, 1.807) is 0 Å². The predicted molar refractivity (Wildman–Crippen MR) is 132 cm³/mol. The Morgan fingerprint density at radius 2 is 1.07 bits per heavy atom. The molecular formula is C28H36OSi. The van der Waals surface area contributed by atoms with E-state index in [2.05, 4.69) is 111 Å². The van der Waals surface area contributed by atoms with Gasteiger partial charge >= 0.3 is 0 Å². The standard InChI is InChI=1S/C28H36OSi/c1-23(24-14-8-5-9-15-24)20-27(25-16-10-6-11-17-25)21-28(22-30(3,4)29-2)26-18-12-7-13-19-26/h5-19,23,27-28H,20-22H2,1-4H3/t23-,27-,28-/m0/s1. The van der Waals surface area contributed by atoms with Crippen LogP contribution < -0.4 is 0 Å². The molecule has 0 saturated heterocycles. The fraction of sp³-hybridized carbons (Fsp3) is 0.357. The summed E-state index contributed by atoms with van der Waals surface area (Å²) in [5.41, 5.74) is 4.34. The molecule has 0 radical (unpaired) electrons. The highest BCUT2D eigenvalue weighted by molar-refractivity contribution is 6.71. The molecule has 0 N–H and O–H groups in total. The van der Waals surface area contributed by atoms with Gasteiger partial charge < -0.3 is 4.43 Å². The topological polar surface area (TPSA) is 9.23 Å². The molecule has 0 saturated carbocycles. The Labute approximate surface area is 184 Å². The molecule has 1 nitrogen and oxygen atoms in total. The van der Waals surface area contributed by atoms with E-state index in [-0.39, 0.29) is 0 Å². The average molecular weight is 417 g/mol. The summed E-state index contributed by atoms with van der Waals surface area (Å²) in [6.07, 6.45) is 2.32. The summed E-state index contributed by atoms with van der Waals surface area (Å²) in [4.78, 5) is 0. The highest BCUT2D eigenvalue weighted by Crippen LogP contribution is 2.40. The number of hydrogen-bond donors (Lipinski definition) is 0. The van der Waals surface area contributed by atoms with Crippen LogP contribution in [0.25, 0.3) is 0 Å². The van der Waals surface area contributed by atoms with Crippen LogP contribution in [0.5, 0.6) is 0 Å². The van der Waals surface area contributed by atoms with Crippen molar-refractivity contribution >= 4 is 8.32 Å². The normalized spacial score (nSPS) is 14.8. The first-order chi connectivity index (χ1) is 14.5. The summed E-state index contributed by atoms with van der Waals surface area (Å²) in [6.45, 7) is 7.05. The minimum Gasteiger partial charge on any atom is -0.420 e. The van der Waals surface area contributed by atoms with Gasteiger partial charge in [-0.2, -0.15) is 0 Å². The maximum atomic E-state index is 5.97. The van der Waals surface area contributed by atoms with E-state index in [1.165, 1.54) is 16.7 Å². The van der Waals surface area contributed by atoms with E-state index in [0.29, 0.717) is 17.8 Å². The Kier molecular flexibility index (Phi) is 8.06. The van der Waals surface area contributed by atoms with Crippen LogP contribution in [0.2, 0.25) is 19.1 Å². The van der Waals surface area contributed by atoms with E-state index in [1.807, 2.05) is 7.11 Å². The van der Waals surface area contributed by atoms with E-state index < -0.39 is 8.32 Å². The van der Waals surface area contributed by atoms with Crippen molar-refractivity contribution in [3.63, 3.8) is 0 Å². The van der Waals surface area contributed by atoms with Crippen molar-refractivity contribution in [3.8, 4) is 0 Å². The molecule has 0 heterocycles. The fourth-order valence-electron chi connectivity index (χ4n) is 4.52. The lowest BCUT2D eigenvalue weighted by Crippen LogP contribution is -2.31. The first-order valence-corrected chi connectivity index (χ1v) is 14.3. The van der Waals surface area contributed by atoms with Gasteiger partial charge in [-0.1, -0.05) is 97.9 Å². The Morgan fingerprint density at radius 1 is 0.633 bits per heavy atom.